The fourth-order valence-electron chi connectivity index (χ4n) is 0.989. The van der Waals surface area contributed by atoms with Crippen LogP contribution in [0, 0.1) is 0 Å². The molecule has 1 atom stereocenters. The molecule has 0 aromatic heterocycles. The Morgan fingerprint density at radius 3 is 2.60 bits per heavy atom. The summed E-state index contributed by atoms with van der Waals surface area (Å²) in [5.41, 5.74) is 0. The molecule has 0 fully saturated rings. The predicted molar refractivity (Wildman–Crippen MR) is 50.9 cm³/mol. The quantitative estimate of drug-likeness (QED) is 0.464. The second-order valence-electron chi connectivity index (χ2n) is 2.70. The number of carbonyl (C=O) groups excluding carboxylic acids is 3. The number of hydrogen-bond acceptors (Lipinski definition) is 5. The lowest BCUT2D eigenvalue weighted by Crippen LogP contribution is -2.37. The Morgan fingerprint density at radius 2 is 2.13 bits per heavy atom. The van der Waals surface area contributed by atoms with Crippen LogP contribution in [0.25, 0.3) is 0 Å². The molecule has 0 aromatic carbocycles. The van der Waals surface area contributed by atoms with Gasteiger partial charge >= 0.3 is 11.9 Å². The highest BCUT2D eigenvalue weighted by molar-refractivity contribution is 5.79. The Labute approximate surface area is 87.9 Å². The van der Waals surface area contributed by atoms with Crippen molar-refractivity contribution in [2.24, 2.45) is 0 Å². The van der Waals surface area contributed by atoms with Gasteiger partial charge in [0.2, 0.25) is 6.41 Å². The standard InChI is InChI=1S/C9H15NO5/c1-3-15-8(12)5-4-7(10-6-11)9(13)14-2/h6-7H,3-5H2,1-2H3,(H,10,11). The van der Waals surface area contributed by atoms with E-state index in [2.05, 4.69) is 14.8 Å². The van der Waals surface area contributed by atoms with Gasteiger partial charge in [-0.2, -0.15) is 0 Å². The molecule has 1 amide bonds. The molecule has 0 spiro atoms. The second-order valence-corrected chi connectivity index (χ2v) is 2.70. The molecular weight excluding hydrogens is 202 g/mol. The zero-order valence-electron chi connectivity index (χ0n) is 8.82. The molecule has 15 heavy (non-hydrogen) atoms. The third kappa shape index (κ3) is 5.66. The molecule has 0 aliphatic rings. The molecule has 86 valence electrons. The Bertz CT molecular complexity index is 229. The van der Waals surface area contributed by atoms with Crippen molar-refractivity contribution in [3.63, 3.8) is 0 Å². The summed E-state index contributed by atoms with van der Waals surface area (Å²) in [6.45, 7) is 1.99. The lowest BCUT2D eigenvalue weighted by molar-refractivity contribution is -0.146. The van der Waals surface area contributed by atoms with Gasteiger partial charge < -0.3 is 14.8 Å². The van der Waals surface area contributed by atoms with E-state index in [-0.39, 0.29) is 12.8 Å². The van der Waals surface area contributed by atoms with Crippen LogP contribution in [0.5, 0.6) is 0 Å². The van der Waals surface area contributed by atoms with Gasteiger partial charge in [-0.1, -0.05) is 0 Å². The molecule has 1 unspecified atom stereocenters. The summed E-state index contributed by atoms with van der Waals surface area (Å²) in [5, 5.41) is 2.27. The van der Waals surface area contributed by atoms with Gasteiger partial charge in [-0.05, 0) is 13.3 Å². The van der Waals surface area contributed by atoms with E-state index in [1.54, 1.807) is 6.92 Å². The average molecular weight is 217 g/mol. The highest BCUT2D eigenvalue weighted by atomic mass is 16.5. The van der Waals surface area contributed by atoms with E-state index in [4.69, 9.17) is 0 Å². The van der Waals surface area contributed by atoms with Gasteiger partial charge in [0, 0.05) is 6.42 Å². The maximum Gasteiger partial charge on any atom is 0.328 e. The molecular formula is C9H15NO5. The van der Waals surface area contributed by atoms with Crippen molar-refractivity contribution in [2.75, 3.05) is 13.7 Å². The first-order valence-corrected chi connectivity index (χ1v) is 4.58. The van der Waals surface area contributed by atoms with Gasteiger partial charge in [0.05, 0.1) is 13.7 Å². The summed E-state index contributed by atoms with van der Waals surface area (Å²) in [6, 6.07) is -0.795. The number of amides is 1. The summed E-state index contributed by atoms with van der Waals surface area (Å²) in [5.74, 6) is -0.981. The Balaban J connectivity index is 4.00. The fourth-order valence-corrected chi connectivity index (χ4v) is 0.989. The van der Waals surface area contributed by atoms with Gasteiger partial charge in [-0.3, -0.25) is 9.59 Å². The van der Waals surface area contributed by atoms with E-state index in [9.17, 15) is 14.4 Å². The third-order valence-electron chi connectivity index (χ3n) is 1.70. The maximum atomic E-state index is 11.1. The van der Waals surface area contributed by atoms with Crippen molar-refractivity contribution in [1.29, 1.82) is 0 Å². The van der Waals surface area contributed by atoms with E-state index in [1.165, 1.54) is 7.11 Å². The van der Waals surface area contributed by atoms with Crippen molar-refractivity contribution >= 4 is 18.3 Å². The number of hydrogen-bond donors (Lipinski definition) is 1. The zero-order chi connectivity index (χ0) is 11.7. The van der Waals surface area contributed by atoms with Gasteiger partial charge in [0.25, 0.3) is 0 Å². The third-order valence-corrected chi connectivity index (χ3v) is 1.70. The Kier molecular flexibility index (Phi) is 6.96. The molecule has 0 rings (SSSR count). The maximum absolute atomic E-state index is 11.1. The van der Waals surface area contributed by atoms with E-state index < -0.39 is 18.0 Å². The van der Waals surface area contributed by atoms with Crippen LogP contribution in [-0.2, 0) is 23.9 Å². The van der Waals surface area contributed by atoms with Crippen molar-refractivity contribution in [3.05, 3.63) is 0 Å². The number of nitrogens with one attached hydrogen (secondary N) is 1. The fraction of sp³-hybridized carbons (Fsp3) is 0.667. The van der Waals surface area contributed by atoms with Gasteiger partial charge in [-0.15, -0.1) is 0 Å². The van der Waals surface area contributed by atoms with Crippen LogP contribution in [0.2, 0.25) is 0 Å². The van der Waals surface area contributed by atoms with Crippen molar-refractivity contribution in [3.8, 4) is 0 Å². The largest absolute Gasteiger partial charge is 0.467 e. The van der Waals surface area contributed by atoms with Crippen LogP contribution in [-0.4, -0.2) is 38.1 Å². The molecule has 0 aliphatic carbocycles. The van der Waals surface area contributed by atoms with Gasteiger partial charge in [0.1, 0.15) is 6.04 Å². The predicted octanol–water partition coefficient (Wildman–Crippen LogP) is -0.383. The minimum absolute atomic E-state index is 0.0639. The van der Waals surface area contributed by atoms with Crippen LogP contribution < -0.4 is 5.32 Å². The summed E-state index contributed by atoms with van der Waals surface area (Å²) < 4.78 is 9.12. The van der Waals surface area contributed by atoms with Crippen molar-refractivity contribution in [1.82, 2.24) is 5.32 Å². The molecule has 0 saturated carbocycles. The minimum atomic E-state index is -0.795. The lowest BCUT2D eigenvalue weighted by Gasteiger charge is -2.12. The Morgan fingerprint density at radius 1 is 1.47 bits per heavy atom. The zero-order valence-corrected chi connectivity index (χ0v) is 8.82. The monoisotopic (exact) mass is 217 g/mol. The number of rotatable bonds is 7. The molecule has 0 heterocycles. The number of ether oxygens (including phenoxy) is 2. The van der Waals surface area contributed by atoms with Crippen LogP contribution in [0.15, 0.2) is 0 Å². The molecule has 0 aromatic rings. The summed E-state index contributed by atoms with van der Waals surface area (Å²) in [7, 11) is 1.21. The molecule has 1 N–H and O–H groups in total. The summed E-state index contributed by atoms with van der Waals surface area (Å²) in [4.78, 5) is 32.2. The Hall–Kier alpha value is -1.59. The number of methoxy groups -OCH3 is 1. The highest BCUT2D eigenvalue weighted by Gasteiger charge is 2.19. The molecule has 6 nitrogen and oxygen atoms in total. The smallest absolute Gasteiger partial charge is 0.328 e. The molecule has 0 aliphatic heterocycles. The van der Waals surface area contributed by atoms with Crippen molar-refractivity contribution < 1.29 is 23.9 Å². The summed E-state index contributed by atoms with van der Waals surface area (Å²) in [6.07, 6.45) is 0.630. The van der Waals surface area contributed by atoms with E-state index >= 15 is 0 Å². The minimum Gasteiger partial charge on any atom is -0.467 e. The van der Waals surface area contributed by atoms with Crippen LogP contribution in [0.1, 0.15) is 19.8 Å². The molecule has 0 radical (unpaired) electrons. The molecule has 6 heteroatoms. The van der Waals surface area contributed by atoms with Crippen LogP contribution >= 0.6 is 0 Å². The van der Waals surface area contributed by atoms with Crippen molar-refractivity contribution in [2.45, 2.75) is 25.8 Å². The van der Waals surface area contributed by atoms with E-state index in [0.29, 0.717) is 13.0 Å². The summed E-state index contributed by atoms with van der Waals surface area (Å²) >= 11 is 0. The van der Waals surface area contributed by atoms with Crippen LogP contribution in [0.3, 0.4) is 0 Å². The highest BCUT2D eigenvalue weighted by Crippen LogP contribution is 2.00. The number of esters is 2. The first-order chi connectivity index (χ1) is 7.15. The lowest BCUT2D eigenvalue weighted by atomic mass is 10.1. The molecule has 0 saturated heterocycles. The molecule has 0 bridgehead atoms. The first kappa shape index (κ1) is 13.4. The van der Waals surface area contributed by atoms with E-state index in [0.717, 1.165) is 0 Å². The first-order valence-electron chi connectivity index (χ1n) is 4.58. The van der Waals surface area contributed by atoms with Crippen LogP contribution in [0.4, 0.5) is 0 Å². The topological polar surface area (TPSA) is 81.7 Å². The average Bonchev–Trinajstić information content (AvgIpc) is 2.23. The second kappa shape index (κ2) is 7.78. The van der Waals surface area contributed by atoms with E-state index in [1.807, 2.05) is 0 Å². The normalized spacial score (nSPS) is 11.3. The SMILES string of the molecule is CCOC(=O)CCC(NC=O)C(=O)OC. The van der Waals surface area contributed by atoms with Gasteiger partial charge in [0.15, 0.2) is 0 Å². The van der Waals surface area contributed by atoms with Gasteiger partial charge in [-0.25, -0.2) is 4.79 Å². The number of carbonyl (C=O) groups is 3.